The number of aryl methyl sites for hydroxylation is 1. The molecular weight excluding hydrogens is 286 g/mol. The molecule has 0 aliphatic heterocycles. The smallest absolute Gasteiger partial charge is 0.120 e. The molecule has 0 saturated heterocycles. The Balaban J connectivity index is 1.94. The molecule has 0 unspecified atom stereocenters. The minimum atomic E-state index is 0.403. The number of amidine groups is 1. The minimum Gasteiger partial charge on any atom is -0.492 e. The first kappa shape index (κ1) is 16.6. The number of benzene rings is 2. The van der Waals surface area contributed by atoms with Gasteiger partial charge in [-0.1, -0.05) is 36.4 Å². The van der Waals surface area contributed by atoms with Gasteiger partial charge in [-0.3, -0.25) is 4.99 Å². The molecule has 0 spiro atoms. The topological polar surface area (TPSA) is 73.6 Å². The molecule has 4 N–H and O–H groups in total. The highest BCUT2D eigenvalue weighted by molar-refractivity contribution is 5.97. The number of aliphatic imine (C=N–C) groups is 1. The summed E-state index contributed by atoms with van der Waals surface area (Å²) in [4.78, 5) is 4.27. The molecule has 0 aromatic heterocycles. The van der Waals surface area contributed by atoms with Gasteiger partial charge in [0, 0.05) is 17.3 Å². The standard InChI is InChI=1S/C19H23N3O/c1-14-7-6-10-17(15(14)2)18(20)13-19(21)22-11-12-23-16-8-4-3-5-9-16/h3-10,13H,11-12,20H2,1-2H3,(H2,21,22)/b18-13-. The van der Waals surface area contributed by atoms with Gasteiger partial charge in [0.25, 0.3) is 0 Å². The lowest BCUT2D eigenvalue weighted by molar-refractivity contribution is 0.329. The summed E-state index contributed by atoms with van der Waals surface area (Å²) in [5.41, 5.74) is 16.0. The summed E-state index contributed by atoms with van der Waals surface area (Å²) in [6.45, 7) is 5.07. The van der Waals surface area contributed by atoms with E-state index >= 15 is 0 Å². The van der Waals surface area contributed by atoms with Crippen LogP contribution in [0.5, 0.6) is 5.75 Å². The second kappa shape index (κ2) is 8.03. The second-order valence-electron chi connectivity index (χ2n) is 5.32. The zero-order valence-corrected chi connectivity index (χ0v) is 13.6. The summed E-state index contributed by atoms with van der Waals surface area (Å²) in [6, 6.07) is 15.7. The van der Waals surface area contributed by atoms with Crippen LogP contribution < -0.4 is 16.2 Å². The van der Waals surface area contributed by atoms with Crippen molar-refractivity contribution in [3.05, 3.63) is 71.3 Å². The molecule has 0 atom stereocenters. The summed E-state index contributed by atoms with van der Waals surface area (Å²) in [6.07, 6.45) is 1.70. The molecule has 0 radical (unpaired) electrons. The number of para-hydroxylation sites is 1. The number of hydrogen-bond donors (Lipinski definition) is 2. The van der Waals surface area contributed by atoms with Crippen molar-refractivity contribution < 1.29 is 4.74 Å². The molecule has 0 fully saturated rings. The van der Waals surface area contributed by atoms with Crippen LogP contribution in [0, 0.1) is 13.8 Å². The summed E-state index contributed by atoms with van der Waals surface area (Å²) in [5, 5.41) is 0. The van der Waals surface area contributed by atoms with Gasteiger partial charge >= 0.3 is 0 Å². The van der Waals surface area contributed by atoms with Gasteiger partial charge in [-0.2, -0.15) is 0 Å². The Morgan fingerprint density at radius 2 is 1.78 bits per heavy atom. The van der Waals surface area contributed by atoms with Crippen LogP contribution in [0.4, 0.5) is 0 Å². The van der Waals surface area contributed by atoms with Crippen LogP contribution in [0.3, 0.4) is 0 Å². The Labute approximate surface area is 137 Å². The van der Waals surface area contributed by atoms with Crippen molar-refractivity contribution in [1.82, 2.24) is 0 Å². The van der Waals surface area contributed by atoms with Crippen LogP contribution in [0.2, 0.25) is 0 Å². The van der Waals surface area contributed by atoms with Gasteiger partial charge in [0.1, 0.15) is 18.2 Å². The van der Waals surface area contributed by atoms with Gasteiger partial charge in [0.05, 0.1) is 6.54 Å². The molecule has 120 valence electrons. The monoisotopic (exact) mass is 309 g/mol. The first-order chi connectivity index (χ1) is 11.1. The van der Waals surface area contributed by atoms with Gasteiger partial charge in [-0.05, 0) is 37.1 Å². The van der Waals surface area contributed by atoms with Gasteiger partial charge in [-0.15, -0.1) is 0 Å². The Hall–Kier alpha value is -2.75. The maximum atomic E-state index is 6.13. The van der Waals surface area contributed by atoms with Crippen molar-refractivity contribution in [3.8, 4) is 5.75 Å². The van der Waals surface area contributed by atoms with E-state index in [1.807, 2.05) is 49.4 Å². The van der Waals surface area contributed by atoms with Crippen molar-refractivity contribution in [2.24, 2.45) is 16.5 Å². The molecule has 0 aliphatic rings. The Morgan fingerprint density at radius 1 is 1.04 bits per heavy atom. The number of nitrogens with two attached hydrogens (primary N) is 2. The van der Waals surface area contributed by atoms with Crippen molar-refractivity contribution >= 4 is 11.5 Å². The van der Waals surface area contributed by atoms with Crippen LogP contribution in [-0.2, 0) is 0 Å². The van der Waals surface area contributed by atoms with E-state index in [4.69, 9.17) is 16.2 Å². The molecule has 0 aliphatic carbocycles. The van der Waals surface area contributed by atoms with Crippen molar-refractivity contribution in [3.63, 3.8) is 0 Å². The minimum absolute atomic E-state index is 0.403. The van der Waals surface area contributed by atoms with Gasteiger partial charge < -0.3 is 16.2 Å². The van der Waals surface area contributed by atoms with Crippen LogP contribution in [0.25, 0.3) is 5.70 Å². The summed E-state index contributed by atoms with van der Waals surface area (Å²) < 4.78 is 5.57. The molecular formula is C19H23N3O. The van der Waals surface area contributed by atoms with Crippen molar-refractivity contribution in [1.29, 1.82) is 0 Å². The number of hydrogen-bond acceptors (Lipinski definition) is 3. The second-order valence-corrected chi connectivity index (χ2v) is 5.32. The molecule has 4 heteroatoms. The van der Waals surface area contributed by atoms with E-state index in [1.54, 1.807) is 6.08 Å². The molecule has 2 rings (SSSR count). The third kappa shape index (κ3) is 4.88. The van der Waals surface area contributed by atoms with Crippen LogP contribution in [0.15, 0.2) is 59.6 Å². The van der Waals surface area contributed by atoms with Crippen molar-refractivity contribution in [2.75, 3.05) is 13.2 Å². The Kier molecular flexibility index (Phi) is 5.80. The first-order valence-corrected chi connectivity index (χ1v) is 7.59. The van der Waals surface area contributed by atoms with E-state index in [0.717, 1.165) is 16.9 Å². The predicted octanol–water partition coefficient (Wildman–Crippen LogP) is 3.04. The third-order valence-corrected chi connectivity index (χ3v) is 3.62. The van der Waals surface area contributed by atoms with E-state index < -0.39 is 0 Å². The first-order valence-electron chi connectivity index (χ1n) is 7.59. The van der Waals surface area contributed by atoms with Gasteiger partial charge in [0.2, 0.25) is 0 Å². The molecule has 2 aromatic carbocycles. The fraction of sp³-hybridized carbons (Fsp3) is 0.211. The highest BCUT2D eigenvalue weighted by Gasteiger charge is 2.03. The normalized spacial score (nSPS) is 12.3. The van der Waals surface area contributed by atoms with E-state index in [9.17, 15) is 0 Å². The lowest BCUT2D eigenvalue weighted by Gasteiger charge is -2.09. The lowest BCUT2D eigenvalue weighted by Crippen LogP contribution is -2.14. The predicted molar refractivity (Wildman–Crippen MR) is 96.5 cm³/mol. The zero-order chi connectivity index (χ0) is 16.7. The average molecular weight is 309 g/mol. The number of ether oxygens (including phenoxy) is 1. The molecule has 2 aromatic rings. The van der Waals surface area contributed by atoms with Crippen LogP contribution in [0.1, 0.15) is 16.7 Å². The lowest BCUT2D eigenvalue weighted by atomic mass is 10.0. The molecule has 23 heavy (non-hydrogen) atoms. The fourth-order valence-corrected chi connectivity index (χ4v) is 2.20. The Bertz CT molecular complexity index is 706. The fourth-order valence-electron chi connectivity index (χ4n) is 2.20. The quantitative estimate of drug-likeness (QED) is 0.489. The summed E-state index contributed by atoms with van der Waals surface area (Å²) in [5.74, 6) is 1.23. The molecule has 0 amide bonds. The molecule has 0 heterocycles. The zero-order valence-electron chi connectivity index (χ0n) is 13.6. The maximum Gasteiger partial charge on any atom is 0.120 e. The average Bonchev–Trinajstić information content (AvgIpc) is 2.55. The maximum absolute atomic E-state index is 6.13. The largest absolute Gasteiger partial charge is 0.492 e. The van der Waals surface area contributed by atoms with Gasteiger partial charge in [0.15, 0.2) is 0 Å². The number of nitrogens with zero attached hydrogens (tertiary/aromatic N) is 1. The van der Waals surface area contributed by atoms with E-state index in [-0.39, 0.29) is 0 Å². The van der Waals surface area contributed by atoms with E-state index in [2.05, 4.69) is 18.0 Å². The molecule has 0 bridgehead atoms. The molecule has 4 nitrogen and oxygen atoms in total. The van der Waals surface area contributed by atoms with E-state index in [1.165, 1.54) is 5.56 Å². The molecule has 0 saturated carbocycles. The van der Waals surface area contributed by atoms with Crippen molar-refractivity contribution in [2.45, 2.75) is 13.8 Å². The highest BCUT2D eigenvalue weighted by Crippen LogP contribution is 2.17. The third-order valence-electron chi connectivity index (χ3n) is 3.62. The van der Waals surface area contributed by atoms with Gasteiger partial charge in [-0.25, -0.2) is 0 Å². The number of rotatable bonds is 6. The van der Waals surface area contributed by atoms with E-state index in [0.29, 0.717) is 24.7 Å². The SMILES string of the molecule is Cc1cccc(/C(N)=C/C(N)=NCCOc2ccccc2)c1C. The van der Waals surface area contributed by atoms with Crippen LogP contribution >= 0.6 is 0 Å². The summed E-state index contributed by atoms with van der Waals surface area (Å²) >= 11 is 0. The van der Waals surface area contributed by atoms with Crippen LogP contribution in [-0.4, -0.2) is 19.0 Å². The summed E-state index contributed by atoms with van der Waals surface area (Å²) in [7, 11) is 0. The Morgan fingerprint density at radius 3 is 2.52 bits per heavy atom. The highest BCUT2D eigenvalue weighted by atomic mass is 16.5.